The summed E-state index contributed by atoms with van der Waals surface area (Å²) in [6, 6.07) is 7.11. The van der Waals surface area contributed by atoms with Gasteiger partial charge in [-0.15, -0.1) is 5.10 Å². The number of fused-ring (bicyclic) bond motifs is 1. The van der Waals surface area contributed by atoms with Crippen LogP contribution in [0, 0.1) is 5.41 Å². The fourth-order valence-corrected chi connectivity index (χ4v) is 1.97. The Kier molecular flexibility index (Phi) is 3.48. The van der Waals surface area contributed by atoms with Gasteiger partial charge in [0.2, 0.25) is 5.91 Å². The summed E-state index contributed by atoms with van der Waals surface area (Å²) in [4.78, 5) is 24.6. The van der Waals surface area contributed by atoms with E-state index < -0.39 is 5.91 Å². The molecule has 0 saturated carbocycles. The maximum atomic E-state index is 12.0. The molecule has 1 heterocycles. The van der Waals surface area contributed by atoms with Crippen molar-refractivity contribution in [3.05, 3.63) is 30.0 Å². The van der Waals surface area contributed by atoms with Gasteiger partial charge in [-0.3, -0.25) is 9.59 Å². The van der Waals surface area contributed by atoms with Gasteiger partial charge in [0.05, 0.1) is 5.52 Å². The van der Waals surface area contributed by atoms with Crippen molar-refractivity contribution in [2.45, 2.75) is 27.2 Å². The minimum absolute atomic E-state index is 0.125. The smallest absolute Gasteiger partial charge is 0.269 e. The molecular formula is C14H18N4O2. The molecule has 3 N–H and O–H groups in total. The summed E-state index contributed by atoms with van der Waals surface area (Å²) < 4.78 is 0. The van der Waals surface area contributed by atoms with Crippen LogP contribution in [0.15, 0.2) is 24.3 Å². The van der Waals surface area contributed by atoms with Gasteiger partial charge in [0.25, 0.3) is 5.91 Å². The fraction of sp³-hybridized carbons (Fsp3) is 0.357. The highest BCUT2D eigenvalue weighted by Crippen LogP contribution is 2.20. The first kappa shape index (κ1) is 14.0. The number of nitrogens with zero attached hydrogens (tertiary/aromatic N) is 2. The lowest BCUT2D eigenvalue weighted by molar-refractivity contribution is -0.118. The van der Waals surface area contributed by atoms with E-state index in [1.807, 2.05) is 20.8 Å². The summed E-state index contributed by atoms with van der Waals surface area (Å²) in [7, 11) is 0. The Hall–Kier alpha value is -2.37. The second-order valence-electron chi connectivity index (χ2n) is 5.91. The van der Waals surface area contributed by atoms with E-state index in [1.54, 1.807) is 24.3 Å². The van der Waals surface area contributed by atoms with Gasteiger partial charge >= 0.3 is 0 Å². The van der Waals surface area contributed by atoms with E-state index in [1.165, 1.54) is 4.79 Å². The van der Waals surface area contributed by atoms with Crippen LogP contribution in [0.4, 0.5) is 0 Å². The SMILES string of the molecule is CC(C)(C)CC(=O)Nn1nc(C(N)=O)c2ccccc21. The van der Waals surface area contributed by atoms with Crippen molar-refractivity contribution in [2.24, 2.45) is 11.1 Å². The van der Waals surface area contributed by atoms with Crippen LogP contribution in [0.3, 0.4) is 0 Å². The van der Waals surface area contributed by atoms with Crippen molar-refractivity contribution in [3.8, 4) is 0 Å². The molecule has 0 fully saturated rings. The summed E-state index contributed by atoms with van der Waals surface area (Å²) >= 11 is 0. The Morgan fingerprint density at radius 3 is 2.55 bits per heavy atom. The number of nitrogens with one attached hydrogen (secondary N) is 1. The van der Waals surface area contributed by atoms with E-state index in [0.29, 0.717) is 17.3 Å². The molecule has 0 aliphatic rings. The number of rotatable bonds is 3. The van der Waals surface area contributed by atoms with Gasteiger partial charge in [-0.05, 0) is 11.5 Å². The molecular weight excluding hydrogens is 256 g/mol. The van der Waals surface area contributed by atoms with Crippen molar-refractivity contribution in [1.29, 1.82) is 0 Å². The molecule has 0 aliphatic carbocycles. The molecule has 6 heteroatoms. The quantitative estimate of drug-likeness (QED) is 0.891. The number of hydrogen-bond donors (Lipinski definition) is 2. The van der Waals surface area contributed by atoms with E-state index in [-0.39, 0.29) is 17.0 Å². The molecule has 0 unspecified atom stereocenters. The van der Waals surface area contributed by atoms with E-state index in [4.69, 9.17) is 5.73 Å². The Morgan fingerprint density at radius 1 is 1.30 bits per heavy atom. The van der Waals surface area contributed by atoms with Gasteiger partial charge in [0.1, 0.15) is 0 Å². The van der Waals surface area contributed by atoms with Crippen LogP contribution in [-0.2, 0) is 4.79 Å². The fourth-order valence-electron chi connectivity index (χ4n) is 1.97. The number of para-hydroxylation sites is 1. The zero-order valence-electron chi connectivity index (χ0n) is 11.8. The van der Waals surface area contributed by atoms with Gasteiger partial charge in [-0.2, -0.15) is 4.79 Å². The molecule has 0 spiro atoms. The molecule has 2 amide bonds. The third-order valence-corrected chi connectivity index (χ3v) is 2.74. The Bertz CT molecular complexity index is 667. The standard InChI is InChI=1S/C14H18N4O2/c1-14(2,3)8-11(19)16-18-10-7-5-4-6-9(10)12(17-18)13(15)20/h4-7H,8H2,1-3H3,(H2,15,20)(H,16,19). The van der Waals surface area contributed by atoms with Gasteiger partial charge in [-0.25, -0.2) is 5.43 Å². The predicted molar refractivity (Wildman–Crippen MR) is 76.7 cm³/mol. The van der Waals surface area contributed by atoms with E-state index in [9.17, 15) is 9.59 Å². The summed E-state index contributed by atoms with van der Waals surface area (Å²) in [6.45, 7) is 5.92. The monoisotopic (exact) mass is 274 g/mol. The highest BCUT2D eigenvalue weighted by atomic mass is 16.2. The highest BCUT2D eigenvalue weighted by Gasteiger charge is 2.19. The molecule has 2 aromatic rings. The average molecular weight is 274 g/mol. The lowest BCUT2D eigenvalue weighted by Crippen LogP contribution is -2.28. The predicted octanol–water partition coefficient (Wildman–Crippen LogP) is 1.64. The summed E-state index contributed by atoms with van der Waals surface area (Å²) in [5.74, 6) is -0.785. The van der Waals surface area contributed by atoms with Crippen LogP contribution in [0.25, 0.3) is 10.9 Å². The number of nitrogens with two attached hydrogens (primary N) is 1. The minimum Gasteiger partial charge on any atom is -0.364 e. The Labute approximate surface area is 116 Å². The zero-order valence-corrected chi connectivity index (χ0v) is 11.8. The minimum atomic E-state index is -0.620. The van der Waals surface area contributed by atoms with E-state index >= 15 is 0 Å². The average Bonchev–Trinajstić information content (AvgIpc) is 2.66. The molecule has 20 heavy (non-hydrogen) atoms. The van der Waals surface area contributed by atoms with Crippen molar-refractivity contribution >= 4 is 22.7 Å². The molecule has 0 saturated heterocycles. The number of carbonyl (C=O) groups excluding carboxylic acids is 2. The summed E-state index contributed by atoms with van der Waals surface area (Å²) in [5, 5.41) is 4.69. The summed E-state index contributed by atoms with van der Waals surface area (Å²) in [5.41, 5.74) is 8.64. The molecule has 0 aliphatic heterocycles. The lowest BCUT2D eigenvalue weighted by Gasteiger charge is -2.17. The third-order valence-electron chi connectivity index (χ3n) is 2.74. The van der Waals surface area contributed by atoms with E-state index in [2.05, 4.69) is 10.5 Å². The van der Waals surface area contributed by atoms with Crippen LogP contribution in [0.5, 0.6) is 0 Å². The van der Waals surface area contributed by atoms with Crippen LogP contribution < -0.4 is 11.2 Å². The summed E-state index contributed by atoms with van der Waals surface area (Å²) in [6.07, 6.45) is 0.354. The molecule has 6 nitrogen and oxygen atoms in total. The number of carbonyl (C=O) groups is 2. The Balaban J connectivity index is 2.36. The van der Waals surface area contributed by atoms with Crippen molar-refractivity contribution in [1.82, 2.24) is 9.89 Å². The second kappa shape index (κ2) is 4.96. The van der Waals surface area contributed by atoms with Crippen LogP contribution in [0.1, 0.15) is 37.7 Å². The number of primary amides is 1. The Morgan fingerprint density at radius 2 is 1.95 bits per heavy atom. The zero-order chi connectivity index (χ0) is 14.9. The van der Waals surface area contributed by atoms with Gasteiger partial charge < -0.3 is 5.73 Å². The van der Waals surface area contributed by atoms with Crippen molar-refractivity contribution < 1.29 is 9.59 Å². The number of aromatic nitrogens is 2. The first-order chi connectivity index (χ1) is 9.28. The normalized spacial score (nSPS) is 11.6. The topological polar surface area (TPSA) is 90.0 Å². The first-order valence-electron chi connectivity index (χ1n) is 6.35. The van der Waals surface area contributed by atoms with Crippen molar-refractivity contribution in [2.75, 3.05) is 5.43 Å². The van der Waals surface area contributed by atoms with Gasteiger partial charge in [0.15, 0.2) is 5.69 Å². The molecule has 1 aromatic carbocycles. The van der Waals surface area contributed by atoms with E-state index in [0.717, 1.165) is 0 Å². The highest BCUT2D eigenvalue weighted by molar-refractivity contribution is 6.04. The van der Waals surface area contributed by atoms with Gasteiger partial charge in [0, 0.05) is 11.8 Å². The molecule has 1 aromatic heterocycles. The molecule has 2 rings (SSSR count). The van der Waals surface area contributed by atoms with Crippen LogP contribution in [-0.4, -0.2) is 21.7 Å². The van der Waals surface area contributed by atoms with Crippen molar-refractivity contribution in [3.63, 3.8) is 0 Å². The molecule has 0 radical (unpaired) electrons. The number of benzene rings is 1. The molecule has 0 atom stereocenters. The second-order valence-corrected chi connectivity index (χ2v) is 5.91. The molecule has 106 valence electrons. The first-order valence-corrected chi connectivity index (χ1v) is 6.35. The van der Waals surface area contributed by atoms with Crippen LogP contribution >= 0.6 is 0 Å². The third kappa shape index (κ3) is 2.96. The maximum Gasteiger partial charge on any atom is 0.269 e. The number of hydrogen-bond acceptors (Lipinski definition) is 3. The van der Waals surface area contributed by atoms with Gasteiger partial charge in [-0.1, -0.05) is 39.0 Å². The largest absolute Gasteiger partial charge is 0.364 e. The lowest BCUT2D eigenvalue weighted by atomic mass is 9.92. The van der Waals surface area contributed by atoms with Crippen LogP contribution in [0.2, 0.25) is 0 Å². The number of amides is 2. The maximum absolute atomic E-state index is 12.0. The molecule has 0 bridgehead atoms.